The maximum atomic E-state index is 13.1. The number of rotatable bonds is 8. The normalized spacial score (nSPS) is 12.8. The summed E-state index contributed by atoms with van der Waals surface area (Å²) < 4.78 is 66.4. The lowest BCUT2D eigenvalue weighted by molar-refractivity contribution is -0.137. The van der Waals surface area contributed by atoms with Crippen molar-refractivity contribution >= 4 is 39.1 Å². The van der Waals surface area contributed by atoms with Crippen LogP contribution in [0, 0.1) is 0 Å². The van der Waals surface area contributed by atoms with E-state index in [-0.39, 0.29) is 11.4 Å². The number of nitrogens with one attached hydrogen (secondary N) is 2. The van der Waals surface area contributed by atoms with Crippen LogP contribution in [0.5, 0.6) is 0 Å². The SMILES string of the molecule is CCN(CC(=O)Nc1ccccc1C(F)(F)F)C(=O)[C@H](C)NS(=O)(=O)c1ccc(Cl)cc1. The second-order valence-corrected chi connectivity index (χ2v) is 8.89. The Balaban J connectivity index is 2.08. The van der Waals surface area contributed by atoms with Crippen molar-refractivity contribution in [2.75, 3.05) is 18.4 Å². The number of halogens is 4. The van der Waals surface area contributed by atoms with Crippen LogP contribution in [0.4, 0.5) is 18.9 Å². The molecule has 2 aromatic carbocycles. The summed E-state index contributed by atoms with van der Waals surface area (Å²) in [6.07, 6.45) is -4.67. The van der Waals surface area contributed by atoms with Crippen LogP contribution < -0.4 is 10.0 Å². The average molecular weight is 492 g/mol. The summed E-state index contributed by atoms with van der Waals surface area (Å²) in [4.78, 5) is 25.9. The molecule has 0 spiro atoms. The standard InChI is InChI=1S/C20H21ClF3N3O4S/c1-3-27(12-18(28)25-17-7-5-4-6-16(17)20(22,23)24)19(29)13(2)26-32(30,31)15-10-8-14(21)9-11-15/h4-11,13,26H,3,12H2,1-2H3,(H,25,28)/t13-/m0/s1. The van der Waals surface area contributed by atoms with Crippen LogP contribution in [0.25, 0.3) is 0 Å². The molecule has 0 radical (unpaired) electrons. The third-order valence-corrected chi connectivity index (χ3v) is 6.17. The molecule has 0 saturated heterocycles. The summed E-state index contributed by atoms with van der Waals surface area (Å²) in [5.41, 5.74) is -1.46. The van der Waals surface area contributed by atoms with Gasteiger partial charge in [0.1, 0.15) is 0 Å². The van der Waals surface area contributed by atoms with E-state index in [1.807, 2.05) is 0 Å². The van der Waals surface area contributed by atoms with Crippen LogP contribution in [-0.4, -0.2) is 44.3 Å². The summed E-state index contributed by atoms with van der Waals surface area (Å²) in [5, 5.41) is 2.49. The minimum Gasteiger partial charge on any atom is -0.332 e. The van der Waals surface area contributed by atoms with E-state index in [1.165, 1.54) is 43.3 Å². The molecule has 174 valence electrons. The van der Waals surface area contributed by atoms with Gasteiger partial charge in [-0.1, -0.05) is 23.7 Å². The van der Waals surface area contributed by atoms with Crippen molar-refractivity contribution in [3.05, 3.63) is 59.1 Å². The lowest BCUT2D eigenvalue weighted by Crippen LogP contribution is -2.49. The first kappa shape index (κ1) is 25.6. The number of amides is 2. The average Bonchev–Trinajstić information content (AvgIpc) is 2.71. The summed E-state index contributed by atoms with van der Waals surface area (Å²) in [6.45, 7) is 2.32. The minimum absolute atomic E-state index is 0.0280. The van der Waals surface area contributed by atoms with E-state index in [2.05, 4.69) is 10.0 Å². The topological polar surface area (TPSA) is 95.6 Å². The number of carbonyl (C=O) groups excluding carboxylic acids is 2. The first-order chi connectivity index (χ1) is 14.8. The maximum Gasteiger partial charge on any atom is 0.418 e. The van der Waals surface area contributed by atoms with Crippen LogP contribution in [0.2, 0.25) is 5.02 Å². The van der Waals surface area contributed by atoms with Gasteiger partial charge in [-0.25, -0.2) is 8.42 Å². The van der Waals surface area contributed by atoms with E-state index in [4.69, 9.17) is 11.6 Å². The Morgan fingerprint density at radius 1 is 1.09 bits per heavy atom. The molecular weight excluding hydrogens is 471 g/mol. The van der Waals surface area contributed by atoms with Gasteiger partial charge in [-0.05, 0) is 50.2 Å². The van der Waals surface area contributed by atoms with Gasteiger partial charge in [0.25, 0.3) is 0 Å². The van der Waals surface area contributed by atoms with Crippen LogP contribution in [0.3, 0.4) is 0 Å². The molecule has 7 nitrogen and oxygen atoms in total. The van der Waals surface area contributed by atoms with Gasteiger partial charge >= 0.3 is 6.18 Å². The zero-order valence-electron chi connectivity index (χ0n) is 17.1. The summed E-state index contributed by atoms with van der Waals surface area (Å²) in [6, 6.07) is 8.51. The third-order valence-electron chi connectivity index (χ3n) is 4.36. The van der Waals surface area contributed by atoms with Gasteiger partial charge in [-0.2, -0.15) is 17.9 Å². The Bertz CT molecular complexity index is 1080. The van der Waals surface area contributed by atoms with E-state index in [9.17, 15) is 31.2 Å². The highest BCUT2D eigenvalue weighted by molar-refractivity contribution is 7.89. The molecule has 0 heterocycles. The van der Waals surface area contributed by atoms with Crippen molar-refractivity contribution < 1.29 is 31.2 Å². The molecule has 0 fully saturated rings. The zero-order valence-corrected chi connectivity index (χ0v) is 18.7. The molecule has 0 unspecified atom stereocenters. The number of alkyl halides is 3. The van der Waals surface area contributed by atoms with Gasteiger partial charge in [0.15, 0.2) is 0 Å². The second kappa shape index (κ2) is 10.3. The fourth-order valence-corrected chi connectivity index (χ4v) is 4.11. The molecule has 2 aromatic rings. The van der Waals surface area contributed by atoms with E-state index in [0.29, 0.717) is 5.02 Å². The quantitative estimate of drug-likeness (QED) is 0.590. The van der Waals surface area contributed by atoms with Crippen molar-refractivity contribution in [1.29, 1.82) is 0 Å². The summed E-state index contributed by atoms with van der Waals surface area (Å²) >= 11 is 5.74. The largest absolute Gasteiger partial charge is 0.418 e. The molecule has 2 N–H and O–H groups in total. The van der Waals surface area contributed by atoms with Crippen LogP contribution in [0.1, 0.15) is 19.4 Å². The number of carbonyl (C=O) groups is 2. The Morgan fingerprint density at radius 2 is 1.69 bits per heavy atom. The number of hydrogen-bond donors (Lipinski definition) is 2. The Labute approximate surface area is 188 Å². The predicted molar refractivity (Wildman–Crippen MR) is 114 cm³/mol. The van der Waals surface area contributed by atoms with Crippen LogP contribution in [-0.2, 0) is 25.8 Å². The van der Waals surface area contributed by atoms with E-state index in [1.54, 1.807) is 6.92 Å². The van der Waals surface area contributed by atoms with E-state index >= 15 is 0 Å². The number of hydrogen-bond acceptors (Lipinski definition) is 4. The Kier molecular flexibility index (Phi) is 8.27. The molecule has 12 heteroatoms. The van der Waals surface area contributed by atoms with Gasteiger partial charge in [-0.15, -0.1) is 0 Å². The molecule has 0 aliphatic heterocycles. The predicted octanol–water partition coefficient (Wildman–Crippen LogP) is 3.51. The van der Waals surface area contributed by atoms with Crippen molar-refractivity contribution in [3.8, 4) is 0 Å². The molecule has 0 bridgehead atoms. The molecular formula is C20H21ClF3N3O4S. The molecule has 32 heavy (non-hydrogen) atoms. The molecule has 1 atom stereocenters. The highest BCUT2D eigenvalue weighted by Gasteiger charge is 2.34. The van der Waals surface area contributed by atoms with Crippen molar-refractivity contribution in [2.45, 2.75) is 31.0 Å². The lowest BCUT2D eigenvalue weighted by atomic mass is 10.1. The molecule has 2 amide bonds. The van der Waals surface area contributed by atoms with E-state index < -0.39 is 51.9 Å². The number of likely N-dealkylation sites (N-methyl/N-ethyl adjacent to an activating group) is 1. The highest BCUT2D eigenvalue weighted by Crippen LogP contribution is 2.34. The van der Waals surface area contributed by atoms with Gasteiger partial charge in [0, 0.05) is 11.6 Å². The monoisotopic (exact) mass is 491 g/mol. The Morgan fingerprint density at radius 3 is 2.25 bits per heavy atom. The number of sulfonamides is 1. The molecule has 0 aliphatic rings. The number of anilines is 1. The fraction of sp³-hybridized carbons (Fsp3) is 0.300. The van der Waals surface area contributed by atoms with Gasteiger partial charge in [0.2, 0.25) is 21.8 Å². The zero-order chi connectivity index (χ0) is 24.1. The summed E-state index contributed by atoms with van der Waals surface area (Å²) in [5.74, 6) is -1.58. The minimum atomic E-state index is -4.67. The smallest absolute Gasteiger partial charge is 0.332 e. The number of para-hydroxylation sites is 1. The highest BCUT2D eigenvalue weighted by atomic mass is 35.5. The third kappa shape index (κ3) is 6.68. The van der Waals surface area contributed by atoms with Crippen molar-refractivity contribution in [2.24, 2.45) is 0 Å². The lowest BCUT2D eigenvalue weighted by Gasteiger charge is -2.24. The van der Waals surface area contributed by atoms with Gasteiger partial charge in [-0.3, -0.25) is 9.59 Å². The second-order valence-electron chi connectivity index (χ2n) is 6.74. The maximum absolute atomic E-state index is 13.1. The van der Waals surface area contributed by atoms with Crippen molar-refractivity contribution in [3.63, 3.8) is 0 Å². The number of benzene rings is 2. The van der Waals surface area contributed by atoms with Crippen LogP contribution >= 0.6 is 11.6 Å². The van der Waals surface area contributed by atoms with Crippen LogP contribution in [0.15, 0.2) is 53.4 Å². The first-order valence-electron chi connectivity index (χ1n) is 9.38. The molecule has 2 rings (SSSR count). The first-order valence-corrected chi connectivity index (χ1v) is 11.2. The molecule has 0 saturated carbocycles. The van der Waals surface area contributed by atoms with Crippen molar-refractivity contribution in [1.82, 2.24) is 9.62 Å². The van der Waals surface area contributed by atoms with Gasteiger partial charge in [0.05, 0.1) is 28.7 Å². The molecule has 0 aliphatic carbocycles. The van der Waals surface area contributed by atoms with Gasteiger partial charge < -0.3 is 10.2 Å². The molecule has 0 aromatic heterocycles. The van der Waals surface area contributed by atoms with E-state index in [0.717, 1.165) is 17.0 Å². The fourth-order valence-electron chi connectivity index (χ4n) is 2.79. The summed E-state index contributed by atoms with van der Waals surface area (Å²) in [7, 11) is -4.04. The Hall–Kier alpha value is -2.63. The number of nitrogens with zero attached hydrogens (tertiary/aromatic N) is 1.